The van der Waals surface area contributed by atoms with E-state index in [4.69, 9.17) is 14.2 Å². The van der Waals surface area contributed by atoms with E-state index in [0.29, 0.717) is 36.7 Å². The van der Waals surface area contributed by atoms with E-state index >= 15 is 0 Å². The van der Waals surface area contributed by atoms with Gasteiger partial charge in [0.25, 0.3) is 0 Å². The summed E-state index contributed by atoms with van der Waals surface area (Å²) in [5.41, 5.74) is 0.681. The van der Waals surface area contributed by atoms with Gasteiger partial charge in [0.1, 0.15) is 0 Å². The first kappa shape index (κ1) is 19.7. The first-order chi connectivity index (χ1) is 10.7. The van der Waals surface area contributed by atoms with Gasteiger partial charge in [-0.2, -0.15) is 0 Å². The second kappa shape index (κ2) is 10.5. The Bertz CT molecular complexity index is 489. The van der Waals surface area contributed by atoms with Crippen molar-refractivity contribution in [2.24, 2.45) is 0 Å². The molecular weight excluding hydrogens is 318 g/mol. The van der Waals surface area contributed by atoms with Crippen molar-refractivity contribution < 1.29 is 31.4 Å². The van der Waals surface area contributed by atoms with Gasteiger partial charge in [-0.05, 0) is 32.0 Å². The van der Waals surface area contributed by atoms with Crippen molar-refractivity contribution in [1.82, 2.24) is 4.90 Å². The highest BCUT2D eigenvalue weighted by molar-refractivity contribution is 5.96. The van der Waals surface area contributed by atoms with Crippen LogP contribution in [0.2, 0.25) is 0 Å². The third-order valence-corrected chi connectivity index (χ3v) is 3.62. The number of hydrogen-bond donors (Lipinski definition) is 0. The van der Waals surface area contributed by atoms with Gasteiger partial charge in [-0.1, -0.05) is 0 Å². The summed E-state index contributed by atoms with van der Waals surface area (Å²) in [6.07, 6.45) is 0.513. The Balaban J connectivity index is 0.00000264. The van der Waals surface area contributed by atoms with E-state index in [2.05, 4.69) is 4.90 Å². The number of Topliss-reactive ketones (excluding diaryl/α,β-unsaturated/α-hetero) is 1. The fourth-order valence-corrected chi connectivity index (χ4v) is 2.45. The molecule has 1 fully saturated rings. The van der Waals surface area contributed by atoms with Crippen molar-refractivity contribution in [3.8, 4) is 11.5 Å². The second-order valence-corrected chi connectivity index (χ2v) is 5.15. The summed E-state index contributed by atoms with van der Waals surface area (Å²) < 4.78 is 16.4. The van der Waals surface area contributed by atoms with Crippen molar-refractivity contribution in [2.75, 3.05) is 46.1 Å². The maximum absolute atomic E-state index is 12.4. The molecule has 23 heavy (non-hydrogen) atoms. The molecule has 0 saturated carbocycles. The van der Waals surface area contributed by atoms with Gasteiger partial charge in [0.05, 0.1) is 26.4 Å². The Morgan fingerprint density at radius 2 is 1.78 bits per heavy atom. The van der Waals surface area contributed by atoms with Gasteiger partial charge in [-0.15, -0.1) is 0 Å². The summed E-state index contributed by atoms with van der Waals surface area (Å²) >= 11 is 0. The molecule has 1 heterocycles. The lowest BCUT2D eigenvalue weighted by atomic mass is 10.1. The second-order valence-electron chi connectivity index (χ2n) is 5.15. The number of halogens is 1. The molecule has 0 atom stereocenters. The molecule has 5 nitrogen and oxygen atoms in total. The first-order valence-corrected chi connectivity index (χ1v) is 7.97. The summed E-state index contributed by atoms with van der Waals surface area (Å²) in [5, 5.41) is 0. The summed E-state index contributed by atoms with van der Waals surface area (Å²) in [7, 11) is 0. The van der Waals surface area contributed by atoms with Gasteiger partial charge in [-0.3, -0.25) is 9.69 Å². The van der Waals surface area contributed by atoms with Crippen LogP contribution in [0.4, 0.5) is 0 Å². The molecule has 0 N–H and O–H groups in total. The maximum Gasteiger partial charge on any atom is 0.164 e. The number of carbonyl (C=O) groups is 1. The summed E-state index contributed by atoms with van der Waals surface area (Å²) in [4.78, 5) is 14.6. The fourth-order valence-electron chi connectivity index (χ4n) is 2.45. The lowest BCUT2D eigenvalue weighted by Crippen LogP contribution is -3.00. The lowest BCUT2D eigenvalue weighted by Gasteiger charge is -2.26. The molecular formula is C17H25ClNO4-. The van der Waals surface area contributed by atoms with Gasteiger partial charge in [0.15, 0.2) is 17.3 Å². The average Bonchev–Trinajstić information content (AvgIpc) is 2.55. The predicted molar refractivity (Wildman–Crippen MR) is 85.0 cm³/mol. The van der Waals surface area contributed by atoms with Crippen molar-refractivity contribution in [3.05, 3.63) is 23.8 Å². The molecule has 0 aliphatic carbocycles. The van der Waals surface area contributed by atoms with Crippen LogP contribution in [0.15, 0.2) is 18.2 Å². The van der Waals surface area contributed by atoms with Crippen LogP contribution in [-0.4, -0.2) is 56.7 Å². The topological polar surface area (TPSA) is 48.0 Å². The third-order valence-electron chi connectivity index (χ3n) is 3.62. The number of carbonyl (C=O) groups excluding carboxylic acids is 1. The number of hydrogen-bond acceptors (Lipinski definition) is 5. The van der Waals surface area contributed by atoms with Gasteiger partial charge < -0.3 is 26.6 Å². The monoisotopic (exact) mass is 342 g/mol. The normalized spacial score (nSPS) is 14.9. The third kappa shape index (κ3) is 6.01. The highest BCUT2D eigenvalue weighted by Crippen LogP contribution is 2.29. The molecule has 1 aliphatic heterocycles. The van der Waals surface area contributed by atoms with Crippen LogP contribution in [0.3, 0.4) is 0 Å². The zero-order valence-electron chi connectivity index (χ0n) is 13.8. The van der Waals surface area contributed by atoms with Crippen LogP contribution in [0.25, 0.3) is 0 Å². The van der Waals surface area contributed by atoms with Crippen LogP contribution in [0, 0.1) is 0 Å². The average molecular weight is 343 g/mol. The van der Waals surface area contributed by atoms with Crippen LogP contribution in [0.5, 0.6) is 11.5 Å². The summed E-state index contributed by atoms with van der Waals surface area (Å²) in [5.74, 6) is 1.46. The quantitative estimate of drug-likeness (QED) is 0.590. The van der Waals surface area contributed by atoms with E-state index < -0.39 is 0 Å². The number of ketones is 1. The highest BCUT2D eigenvalue weighted by atomic mass is 35.5. The van der Waals surface area contributed by atoms with Crippen molar-refractivity contribution in [2.45, 2.75) is 20.3 Å². The Morgan fingerprint density at radius 3 is 2.43 bits per heavy atom. The summed E-state index contributed by atoms with van der Waals surface area (Å²) in [6, 6.07) is 5.42. The Kier molecular flexibility index (Phi) is 8.99. The standard InChI is InChI=1S/C17H25NO4.ClH/c1-3-21-16-6-5-14(13-17(16)22-4-2)15(19)7-8-18-9-11-20-12-10-18;/h5-6,13H,3-4,7-12H2,1-2H3;1H/p-1. The molecule has 2 rings (SSSR count). The fraction of sp³-hybridized carbons (Fsp3) is 0.588. The molecule has 0 spiro atoms. The van der Waals surface area contributed by atoms with E-state index in [9.17, 15) is 4.79 Å². The number of morpholine rings is 1. The van der Waals surface area contributed by atoms with Crippen LogP contribution in [-0.2, 0) is 4.74 Å². The van der Waals surface area contributed by atoms with Gasteiger partial charge in [0.2, 0.25) is 0 Å². The number of nitrogens with zero attached hydrogens (tertiary/aromatic N) is 1. The molecule has 1 aromatic carbocycles. The van der Waals surface area contributed by atoms with Gasteiger partial charge in [0, 0.05) is 31.6 Å². The predicted octanol–water partition coefficient (Wildman–Crippen LogP) is -0.607. The van der Waals surface area contributed by atoms with Crippen molar-refractivity contribution in [3.63, 3.8) is 0 Å². The lowest BCUT2D eigenvalue weighted by molar-refractivity contribution is -0.0000141. The molecule has 1 aromatic rings. The number of ether oxygens (including phenoxy) is 3. The minimum Gasteiger partial charge on any atom is -1.00 e. The zero-order valence-corrected chi connectivity index (χ0v) is 14.6. The molecule has 0 unspecified atom stereocenters. The molecule has 1 aliphatic rings. The van der Waals surface area contributed by atoms with E-state index in [1.807, 2.05) is 26.0 Å². The SMILES string of the molecule is CCOc1ccc(C(=O)CCN2CCOCC2)cc1OCC.[Cl-]. The largest absolute Gasteiger partial charge is 1.00 e. The summed E-state index contributed by atoms with van der Waals surface area (Å²) in [6.45, 7) is 9.06. The van der Waals surface area contributed by atoms with Crippen molar-refractivity contribution >= 4 is 5.78 Å². The first-order valence-electron chi connectivity index (χ1n) is 7.97. The maximum atomic E-state index is 12.4. The van der Waals surface area contributed by atoms with Gasteiger partial charge in [-0.25, -0.2) is 0 Å². The van der Waals surface area contributed by atoms with Gasteiger partial charge >= 0.3 is 0 Å². The van der Waals surface area contributed by atoms with E-state index in [0.717, 1.165) is 32.8 Å². The minimum atomic E-state index is 0. The molecule has 0 bridgehead atoms. The van der Waals surface area contributed by atoms with E-state index in [-0.39, 0.29) is 18.2 Å². The van der Waals surface area contributed by atoms with E-state index in [1.165, 1.54) is 0 Å². The van der Waals surface area contributed by atoms with Crippen LogP contribution < -0.4 is 21.9 Å². The number of rotatable bonds is 8. The molecule has 1 saturated heterocycles. The minimum absolute atomic E-state index is 0. The highest BCUT2D eigenvalue weighted by Gasteiger charge is 2.15. The van der Waals surface area contributed by atoms with E-state index in [1.54, 1.807) is 6.07 Å². The molecule has 0 amide bonds. The Labute approximate surface area is 144 Å². The Hall–Kier alpha value is -1.30. The molecule has 0 aromatic heterocycles. The molecule has 130 valence electrons. The smallest absolute Gasteiger partial charge is 0.164 e. The van der Waals surface area contributed by atoms with Crippen LogP contribution >= 0.6 is 0 Å². The molecule has 6 heteroatoms. The van der Waals surface area contributed by atoms with Crippen molar-refractivity contribution in [1.29, 1.82) is 0 Å². The number of benzene rings is 1. The Morgan fingerprint density at radius 1 is 1.13 bits per heavy atom. The van der Waals surface area contributed by atoms with Crippen LogP contribution in [0.1, 0.15) is 30.6 Å². The zero-order chi connectivity index (χ0) is 15.8. The molecule has 0 radical (unpaired) electrons.